The highest BCUT2D eigenvalue weighted by atomic mass is 19.4. The molecule has 0 saturated carbocycles. The molecule has 1 aromatic heterocycles. The van der Waals surface area contributed by atoms with E-state index >= 15 is 0 Å². The van der Waals surface area contributed by atoms with E-state index in [-0.39, 0.29) is 11.3 Å². The number of hydrogen-bond donors (Lipinski definition) is 0. The quantitative estimate of drug-likeness (QED) is 0.631. The third kappa shape index (κ3) is 4.34. The van der Waals surface area contributed by atoms with Gasteiger partial charge in [-0.1, -0.05) is 12.1 Å². The zero-order valence-corrected chi connectivity index (χ0v) is 12.6. The fourth-order valence-corrected chi connectivity index (χ4v) is 2.29. The van der Waals surface area contributed by atoms with E-state index < -0.39 is 18.0 Å². The highest BCUT2D eigenvalue weighted by molar-refractivity contribution is 5.59. The van der Waals surface area contributed by atoms with Crippen molar-refractivity contribution in [2.24, 2.45) is 0 Å². The SMILES string of the molecule is Fc1ccc(-c2cn(Cc3ccc(OC(F)(F)F)cc3)cn2)c(F)c1. The van der Waals surface area contributed by atoms with Crippen LogP contribution >= 0.6 is 0 Å². The third-order valence-corrected chi connectivity index (χ3v) is 3.36. The van der Waals surface area contributed by atoms with E-state index in [1.807, 2.05) is 0 Å². The lowest BCUT2D eigenvalue weighted by Crippen LogP contribution is -2.17. The van der Waals surface area contributed by atoms with Crippen LogP contribution in [0.1, 0.15) is 5.56 Å². The molecule has 130 valence electrons. The maximum absolute atomic E-state index is 13.8. The van der Waals surface area contributed by atoms with Crippen LogP contribution in [0.2, 0.25) is 0 Å². The predicted molar refractivity (Wildman–Crippen MR) is 79.8 cm³/mol. The lowest BCUT2D eigenvalue weighted by molar-refractivity contribution is -0.274. The molecule has 25 heavy (non-hydrogen) atoms. The van der Waals surface area contributed by atoms with Gasteiger partial charge in [-0.2, -0.15) is 0 Å². The molecule has 0 unspecified atom stereocenters. The molecule has 0 atom stereocenters. The molecule has 1 heterocycles. The Labute approximate surface area is 139 Å². The Morgan fingerprint density at radius 3 is 2.36 bits per heavy atom. The summed E-state index contributed by atoms with van der Waals surface area (Å²) >= 11 is 0. The van der Waals surface area contributed by atoms with Gasteiger partial charge in [0.15, 0.2) is 0 Å². The van der Waals surface area contributed by atoms with Crippen molar-refractivity contribution in [3.63, 3.8) is 0 Å². The summed E-state index contributed by atoms with van der Waals surface area (Å²) in [5, 5.41) is 0. The van der Waals surface area contributed by atoms with Crippen LogP contribution in [0.25, 0.3) is 11.3 Å². The van der Waals surface area contributed by atoms with E-state index in [1.165, 1.54) is 36.7 Å². The standard InChI is InChI=1S/C17H11F5N2O/c18-12-3-6-14(15(19)7-12)16-9-24(10-23-16)8-11-1-4-13(5-2-11)25-17(20,21)22/h1-7,9-10H,8H2. The fraction of sp³-hybridized carbons (Fsp3) is 0.118. The number of imidazole rings is 1. The fourth-order valence-electron chi connectivity index (χ4n) is 2.29. The number of ether oxygens (including phenoxy) is 1. The molecule has 0 N–H and O–H groups in total. The van der Waals surface area contributed by atoms with Crippen molar-refractivity contribution in [2.45, 2.75) is 12.9 Å². The molecule has 3 rings (SSSR count). The molecule has 0 radical (unpaired) electrons. The van der Waals surface area contributed by atoms with Gasteiger partial charge < -0.3 is 9.30 Å². The van der Waals surface area contributed by atoms with E-state index in [0.717, 1.165) is 12.1 Å². The summed E-state index contributed by atoms with van der Waals surface area (Å²) in [5.74, 6) is -1.71. The first-order chi connectivity index (χ1) is 11.8. The first kappa shape index (κ1) is 16.9. The van der Waals surface area contributed by atoms with E-state index in [0.29, 0.717) is 17.8 Å². The van der Waals surface area contributed by atoms with Crippen molar-refractivity contribution < 1.29 is 26.7 Å². The summed E-state index contributed by atoms with van der Waals surface area (Å²) in [6.45, 7) is 0.322. The molecule has 0 spiro atoms. The lowest BCUT2D eigenvalue weighted by atomic mass is 10.1. The van der Waals surface area contributed by atoms with Crippen molar-refractivity contribution in [2.75, 3.05) is 0 Å². The van der Waals surface area contributed by atoms with Crippen molar-refractivity contribution in [1.82, 2.24) is 9.55 Å². The molecule has 2 aromatic carbocycles. The topological polar surface area (TPSA) is 27.1 Å². The monoisotopic (exact) mass is 354 g/mol. The predicted octanol–water partition coefficient (Wildman–Crippen LogP) is 4.78. The van der Waals surface area contributed by atoms with Crippen LogP contribution in [-0.4, -0.2) is 15.9 Å². The van der Waals surface area contributed by atoms with Crippen LogP contribution in [0, 0.1) is 11.6 Å². The average Bonchev–Trinajstić information content (AvgIpc) is 2.96. The Morgan fingerprint density at radius 2 is 1.72 bits per heavy atom. The lowest BCUT2D eigenvalue weighted by Gasteiger charge is -2.09. The first-order valence-electron chi connectivity index (χ1n) is 7.12. The summed E-state index contributed by atoms with van der Waals surface area (Å²) in [7, 11) is 0. The highest BCUT2D eigenvalue weighted by Gasteiger charge is 2.30. The van der Waals surface area contributed by atoms with Gasteiger partial charge in [-0.3, -0.25) is 0 Å². The minimum atomic E-state index is -4.74. The van der Waals surface area contributed by atoms with Crippen LogP contribution in [-0.2, 0) is 6.54 Å². The molecule has 8 heteroatoms. The van der Waals surface area contributed by atoms with E-state index in [4.69, 9.17) is 0 Å². The van der Waals surface area contributed by atoms with Crippen molar-refractivity contribution in [3.05, 3.63) is 72.2 Å². The molecule has 0 aliphatic heterocycles. The molecular weight excluding hydrogens is 343 g/mol. The van der Waals surface area contributed by atoms with Crippen LogP contribution in [0.3, 0.4) is 0 Å². The summed E-state index contributed by atoms with van der Waals surface area (Å²) < 4.78 is 68.5. The van der Waals surface area contributed by atoms with E-state index in [1.54, 1.807) is 10.8 Å². The maximum Gasteiger partial charge on any atom is 0.573 e. The molecule has 3 nitrogen and oxygen atoms in total. The van der Waals surface area contributed by atoms with Crippen LogP contribution < -0.4 is 4.74 Å². The van der Waals surface area contributed by atoms with Gasteiger partial charge in [-0.15, -0.1) is 13.2 Å². The minimum absolute atomic E-state index is 0.161. The zero-order chi connectivity index (χ0) is 18.0. The Hall–Kier alpha value is -2.90. The van der Waals surface area contributed by atoms with Gasteiger partial charge in [0.05, 0.1) is 12.0 Å². The number of rotatable bonds is 4. The number of benzene rings is 2. The molecule has 0 aliphatic rings. The van der Waals surface area contributed by atoms with Gasteiger partial charge >= 0.3 is 6.36 Å². The summed E-state index contributed by atoms with van der Waals surface area (Å²) in [4.78, 5) is 4.07. The van der Waals surface area contributed by atoms with Crippen LogP contribution in [0.4, 0.5) is 22.0 Å². The molecule has 0 aliphatic carbocycles. The van der Waals surface area contributed by atoms with E-state index in [9.17, 15) is 22.0 Å². The molecule has 0 amide bonds. The number of alkyl halides is 3. The van der Waals surface area contributed by atoms with Gasteiger partial charge in [0.2, 0.25) is 0 Å². The van der Waals surface area contributed by atoms with E-state index in [2.05, 4.69) is 9.72 Å². The van der Waals surface area contributed by atoms with Gasteiger partial charge in [0, 0.05) is 24.4 Å². The molecule has 0 fully saturated rings. The third-order valence-electron chi connectivity index (χ3n) is 3.36. The average molecular weight is 354 g/mol. The van der Waals surface area contributed by atoms with Gasteiger partial charge in [-0.25, -0.2) is 13.8 Å². The number of hydrogen-bond acceptors (Lipinski definition) is 2. The number of aromatic nitrogens is 2. The van der Waals surface area contributed by atoms with Crippen molar-refractivity contribution in [3.8, 4) is 17.0 Å². The Balaban J connectivity index is 1.73. The number of nitrogens with zero attached hydrogens (tertiary/aromatic N) is 2. The Kier molecular flexibility index (Phi) is 4.43. The van der Waals surface area contributed by atoms with Gasteiger partial charge in [0.1, 0.15) is 17.4 Å². The second-order valence-corrected chi connectivity index (χ2v) is 5.25. The second-order valence-electron chi connectivity index (χ2n) is 5.25. The summed E-state index contributed by atoms with van der Waals surface area (Å²) in [5.41, 5.74) is 1.20. The van der Waals surface area contributed by atoms with Gasteiger partial charge in [-0.05, 0) is 29.8 Å². The zero-order valence-electron chi connectivity index (χ0n) is 12.6. The largest absolute Gasteiger partial charge is 0.573 e. The minimum Gasteiger partial charge on any atom is -0.406 e. The van der Waals surface area contributed by atoms with Crippen molar-refractivity contribution >= 4 is 0 Å². The first-order valence-corrected chi connectivity index (χ1v) is 7.12. The molecule has 0 bridgehead atoms. The van der Waals surface area contributed by atoms with Crippen LogP contribution in [0.15, 0.2) is 55.0 Å². The second kappa shape index (κ2) is 6.54. The van der Waals surface area contributed by atoms with Gasteiger partial charge in [0.25, 0.3) is 0 Å². The van der Waals surface area contributed by atoms with Crippen molar-refractivity contribution in [1.29, 1.82) is 0 Å². The Morgan fingerprint density at radius 1 is 1.00 bits per heavy atom. The smallest absolute Gasteiger partial charge is 0.406 e. The molecule has 0 saturated heterocycles. The number of halogens is 5. The normalized spacial score (nSPS) is 11.6. The summed E-state index contributed by atoms with van der Waals surface area (Å²) in [6.07, 6.45) is -1.71. The highest BCUT2D eigenvalue weighted by Crippen LogP contribution is 2.24. The maximum atomic E-state index is 13.8. The van der Waals surface area contributed by atoms with Crippen LogP contribution in [0.5, 0.6) is 5.75 Å². The Bertz CT molecular complexity index is 871. The molecule has 3 aromatic rings. The molecular formula is C17H11F5N2O. The summed E-state index contributed by atoms with van der Waals surface area (Å²) in [6, 6.07) is 8.59.